The molecule has 0 saturated carbocycles. The van der Waals surface area contributed by atoms with Gasteiger partial charge in [-0.2, -0.15) is 10.1 Å². The van der Waals surface area contributed by atoms with Crippen molar-refractivity contribution in [3.63, 3.8) is 0 Å². The molecule has 0 aliphatic carbocycles. The van der Waals surface area contributed by atoms with Crippen LogP contribution < -0.4 is 0 Å². The molecule has 0 spiro atoms. The fourth-order valence-corrected chi connectivity index (χ4v) is 4.76. The number of benzene rings is 1. The van der Waals surface area contributed by atoms with Crippen LogP contribution in [0.3, 0.4) is 0 Å². The Kier molecular flexibility index (Phi) is 4.09. The maximum atomic E-state index is 14.6. The number of aromatic nitrogens is 4. The number of carbonyl (C=O) groups is 1. The van der Waals surface area contributed by atoms with Crippen LogP contribution in [0.4, 0.5) is 8.78 Å². The van der Waals surface area contributed by atoms with E-state index >= 15 is 0 Å². The van der Waals surface area contributed by atoms with Crippen LogP contribution in [0.2, 0.25) is 0 Å². The van der Waals surface area contributed by atoms with Gasteiger partial charge in [0.1, 0.15) is 6.33 Å². The Morgan fingerprint density at radius 1 is 1.28 bits per heavy atom. The molecule has 1 atom stereocenters. The van der Waals surface area contributed by atoms with Gasteiger partial charge in [0, 0.05) is 34.8 Å². The van der Waals surface area contributed by atoms with Crippen LogP contribution in [0.25, 0.3) is 15.9 Å². The number of amides is 1. The van der Waals surface area contributed by atoms with Gasteiger partial charge in [0.15, 0.2) is 0 Å². The number of alkyl halides is 2. The molecule has 5 rings (SSSR count). The monoisotopic (exact) mass is 413 g/mol. The zero-order valence-electron chi connectivity index (χ0n) is 15.5. The van der Waals surface area contributed by atoms with Crippen LogP contribution in [-0.4, -0.2) is 49.4 Å². The number of aryl methyl sites for hydroxylation is 1. The third-order valence-electron chi connectivity index (χ3n) is 5.22. The van der Waals surface area contributed by atoms with Gasteiger partial charge in [-0.1, -0.05) is 0 Å². The minimum Gasteiger partial charge on any atom is -0.332 e. The van der Waals surface area contributed by atoms with Gasteiger partial charge in [-0.25, -0.2) is 18.3 Å². The first-order valence-corrected chi connectivity index (χ1v) is 10.1. The average Bonchev–Trinajstić information content (AvgIpc) is 3.33. The summed E-state index contributed by atoms with van der Waals surface area (Å²) in [6.07, 6.45) is 1.00. The Balaban J connectivity index is 1.51. The maximum Gasteiger partial charge on any atom is 0.266 e. The normalized spacial score (nSPS) is 19.1. The number of fused-ring (bicyclic) bond motifs is 2. The molecular weight excluding hydrogens is 396 g/mol. The van der Waals surface area contributed by atoms with Crippen molar-refractivity contribution in [1.29, 1.82) is 0 Å². The van der Waals surface area contributed by atoms with Crippen molar-refractivity contribution >= 4 is 33.1 Å². The molecule has 29 heavy (non-hydrogen) atoms. The minimum atomic E-state index is -2.99. The highest BCUT2D eigenvalue weighted by Gasteiger charge is 2.43. The molecule has 148 valence electrons. The van der Waals surface area contributed by atoms with Gasteiger partial charge in [0.25, 0.3) is 17.6 Å². The molecule has 0 bridgehead atoms. The number of hydrogen-bond donors (Lipinski definition) is 0. The van der Waals surface area contributed by atoms with Crippen molar-refractivity contribution in [2.75, 3.05) is 13.1 Å². The van der Waals surface area contributed by atoms with Gasteiger partial charge in [0.05, 0.1) is 12.2 Å². The van der Waals surface area contributed by atoms with Gasteiger partial charge in [-0.05, 0) is 48.0 Å². The number of nitrogens with zero attached hydrogens (tertiary/aromatic N) is 5. The van der Waals surface area contributed by atoms with Crippen molar-refractivity contribution in [2.24, 2.45) is 0 Å². The molecule has 9 heteroatoms. The number of rotatable bonds is 2. The molecule has 6 nitrogen and oxygen atoms in total. The molecule has 1 saturated heterocycles. The zero-order chi connectivity index (χ0) is 20.2. The summed E-state index contributed by atoms with van der Waals surface area (Å²) >= 11 is 1.58. The van der Waals surface area contributed by atoms with Crippen molar-refractivity contribution in [2.45, 2.75) is 25.2 Å². The van der Waals surface area contributed by atoms with Crippen molar-refractivity contribution in [1.82, 2.24) is 24.5 Å². The topological polar surface area (TPSA) is 63.4 Å². The Labute approximate surface area is 168 Å². The van der Waals surface area contributed by atoms with E-state index in [1.54, 1.807) is 36.5 Å². The van der Waals surface area contributed by atoms with Crippen LogP contribution >= 0.6 is 11.3 Å². The highest BCUT2D eigenvalue weighted by Crippen LogP contribution is 2.37. The zero-order valence-corrected chi connectivity index (χ0v) is 16.4. The summed E-state index contributed by atoms with van der Waals surface area (Å²) in [7, 11) is 0. The Bertz CT molecular complexity index is 1230. The number of thiophene rings is 1. The summed E-state index contributed by atoms with van der Waals surface area (Å²) in [6, 6.07) is 8.99. The average molecular weight is 413 g/mol. The number of carbonyl (C=O) groups excluding carboxylic acids is 1. The molecule has 1 aliphatic heterocycles. The summed E-state index contributed by atoms with van der Waals surface area (Å²) in [5.74, 6) is -3.58. The van der Waals surface area contributed by atoms with E-state index in [0.717, 1.165) is 10.1 Å². The van der Waals surface area contributed by atoms with Gasteiger partial charge < -0.3 is 4.90 Å². The molecule has 1 aromatic carbocycles. The minimum absolute atomic E-state index is 0.189. The molecule has 1 fully saturated rings. The van der Waals surface area contributed by atoms with Gasteiger partial charge in [0.2, 0.25) is 0 Å². The van der Waals surface area contributed by atoms with E-state index in [1.807, 2.05) is 17.5 Å². The predicted octanol–water partition coefficient (Wildman–Crippen LogP) is 3.91. The fraction of sp³-hybridized carbons (Fsp3) is 0.300. The summed E-state index contributed by atoms with van der Waals surface area (Å²) in [6.45, 7) is 1.39. The lowest BCUT2D eigenvalue weighted by atomic mass is 9.91. The molecule has 0 N–H and O–H groups in total. The molecule has 4 aromatic rings. The number of likely N-dealkylation sites (tertiary alicyclic amines) is 1. The van der Waals surface area contributed by atoms with E-state index in [2.05, 4.69) is 15.1 Å². The predicted molar refractivity (Wildman–Crippen MR) is 106 cm³/mol. The van der Waals surface area contributed by atoms with Gasteiger partial charge in [-0.15, -0.1) is 11.3 Å². The molecule has 1 amide bonds. The van der Waals surface area contributed by atoms with E-state index < -0.39 is 18.4 Å². The van der Waals surface area contributed by atoms with Crippen molar-refractivity contribution in [3.05, 3.63) is 59.0 Å². The van der Waals surface area contributed by atoms with Crippen molar-refractivity contribution < 1.29 is 13.6 Å². The summed E-state index contributed by atoms with van der Waals surface area (Å²) < 4.78 is 31.8. The van der Waals surface area contributed by atoms with Gasteiger partial charge in [-0.3, -0.25) is 4.79 Å². The fourth-order valence-electron chi connectivity index (χ4n) is 3.98. The molecule has 4 heterocycles. The highest BCUT2D eigenvalue weighted by molar-refractivity contribution is 7.17. The van der Waals surface area contributed by atoms with Crippen molar-refractivity contribution in [3.8, 4) is 0 Å². The van der Waals surface area contributed by atoms with E-state index in [4.69, 9.17) is 0 Å². The van der Waals surface area contributed by atoms with E-state index in [0.29, 0.717) is 22.7 Å². The lowest BCUT2D eigenvalue weighted by Gasteiger charge is -2.37. The molecular formula is C20H17F2N5OS. The first-order valence-electron chi connectivity index (χ1n) is 9.21. The van der Waals surface area contributed by atoms with Crippen LogP contribution in [0.1, 0.15) is 34.1 Å². The summed E-state index contributed by atoms with van der Waals surface area (Å²) in [4.78, 5) is 22.7. The largest absolute Gasteiger partial charge is 0.332 e. The van der Waals surface area contributed by atoms with E-state index in [9.17, 15) is 13.6 Å². The molecule has 1 unspecified atom stereocenters. The van der Waals surface area contributed by atoms with Crippen LogP contribution in [0.15, 0.2) is 42.0 Å². The van der Waals surface area contributed by atoms with Gasteiger partial charge >= 0.3 is 0 Å². The number of piperidine rings is 1. The third kappa shape index (κ3) is 3.25. The van der Waals surface area contributed by atoms with E-state index in [1.165, 1.54) is 15.7 Å². The lowest BCUT2D eigenvalue weighted by molar-refractivity contribution is -0.0641. The lowest BCUT2D eigenvalue weighted by Crippen LogP contribution is -2.49. The second-order valence-electron chi connectivity index (χ2n) is 7.41. The van der Waals surface area contributed by atoms with Crippen LogP contribution in [0, 0.1) is 6.92 Å². The number of hydrogen-bond acceptors (Lipinski definition) is 5. The highest BCUT2D eigenvalue weighted by atomic mass is 32.1. The van der Waals surface area contributed by atoms with Crippen LogP contribution in [0.5, 0.6) is 0 Å². The second kappa shape index (κ2) is 6.55. The molecule has 3 aromatic heterocycles. The Morgan fingerprint density at radius 3 is 3.00 bits per heavy atom. The second-order valence-corrected chi connectivity index (χ2v) is 8.36. The first-order chi connectivity index (χ1) is 13.9. The standard InChI is InChI=1S/C20H17F2N5OS/c1-12-6-16(27-19(25-12)23-11-24-27)15-8-20(21,22)10-26(9-15)18(28)14-2-3-17-13(7-14)4-5-29-17/h2-7,11,15H,8-10H2,1H3. The summed E-state index contributed by atoms with van der Waals surface area (Å²) in [5.41, 5.74) is 1.69. The SMILES string of the molecule is Cc1cc(C2CN(C(=O)c3ccc4sccc4c3)CC(F)(F)C2)n2ncnc2n1. The summed E-state index contributed by atoms with van der Waals surface area (Å²) in [5, 5.41) is 7.02. The smallest absolute Gasteiger partial charge is 0.266 e. The Hall–Kier alpha value is -2.94. The quantitative estimate of drug-likeness (QED) is 0.500. The maximum absolute atomic E-state index is 14.6. The molecule has 0 radical (unpaired) electrons. The molecule has 1 aliphatic rings. The number of halogens is 2. The van der Waals surface area contributed by atoms with E-state index in [-0.39, 0.29) is 18.9 Å². The first kappa shape index (κ1) is 18.1. The third-order valence-corrected chi connectivity index (χ3v) is 6.12. The Morgan fingerprint density at radius 2 is 2.14 bits per heavy atom. The van der Waals surface area contributed by atoms with Crippen LogP contribution in [-0.2, 0) is 0 Å².